The van der Waals surface area contributed by atoms with E-state index in [1.54, 1.807) is 11.3 Å². The van der Waals surface area contributed by atoms with Gasteiger partial charge in [-0.05, 0) is 36.4 Å². The van der Waals surface area contributed by atoms with Gasteiger partial charge in [-0.1, -0.05) is 23.8 Å². The molecule has 0 fully saturated rings. The smallest absolute Gasteiger partial charge is 0.232 e. The first-order valence-electron chi connectivity index (χ1n) is 5.68. The number of benzene rings is 1. The van der Waals surface area contributed by atoms with Crippen LogP contribution in [0.5, 0.6) is 0 Å². The molecule has 1 N–H and O–H groups in total. The van der Waals surface area contributed by atoms with E-state index in [0.717, 1.165) is 17.7 Å². The third-order valence-corrected chi connectivity index (χ3v) is 4.04. The van der Waals surface area contributed by atoms with Gasteiger partial charge in [0.05, 0.1) is 5.92 Å². The summed E-state index contributed by atoms with van der Waals surface area (Å²) in [7, 11) is 0. The van der Waals surface area contributed by atoms with E-state index in [1.807, 2.05) is 18.2 Å². The second-order valence-corrected chi connectivity index (χ2v) is 5.45. The van der Waals surface area contributed by atoms with Gasteiger partial charge in [0.2, 0.25) is 5.91 Å². The van der Waals surface area contributed by atoms with E-state index in [2.05, 4.69) is 29.8 Å². The van der Waals surface area contributed by atoms with Crippen LogP contribution in [0.4, 0.5) is 5.69 Å². The molecule has 1 atom stereocenters. The van der Waals surface area contributed by atoms with Crippen molar-refractivity contribution < 1.29 is 4.79 Å². The number of carbonyl (C=O) groups excluding carboxylic acids is 1. The van der Waals surface area contributed by atoms with Crippen LogP contribution in [0, 0.1) is 6.92 Å². The van der Waals surface area contributed by atoms with E-state index < -0.39 is 0 Å². The molecule has 1 amide bonds. The number of nitrogens with one attached hydrogen (secondary N) is 1. The summed E-state index contributed by atoms with van der Waals surface area (Å²) in [5, 5.41) is 5.01. The van der Waals surface area contributed by atoms with Gasteiger partial charge in [-0.25, -0.2) is 0 Å². The lowest BCUT2D eigenvalue weighted by molar-refractivity contribution is -0.117. The van der Waals surface area contributed by atoms with Gasteiger partial charge in [0.15, 0.2) is 0 Å². The molecule has 0 saturated carbocycles. The number of amides is 1. The maximum absolute atomic E-state index is 12.0. The molecule has 2 nitrogen and oxygen atoms in total. The SMILES string of the molecule is Cc1ccc2c(c1)C(Cc1cccs1)C(=O)N2. The summed E-state index contributed by atoms with van der Waals surface area (Å²) in [5.74, 6) is 0.0996. The number of fused-ring (bicyclic) bond motifs is 1. The Balaban J connectivity index is 1.96. The van der Waals surface area contributed by atoms with Crippen molar-refractivity contribution in [3.05, 3.63) is 51.7 Å². The van der Waals surface area contributed by atoms with Crippen LogP contribution >= 0.6 is 11.3 Å². The first-order chi connectivity index (χ1) is 8.24. The minimum absolute atomic E-state index is 0.0245. The molecule has 1 unspecified atom stereocenters. The van der Waals surface area contributed by atoms with Crippen LogP contribution in [0.1, 0.15) is 21.9 Å². The summed E-state index contributed by atoms with van der Waals surface area (Å²) in [6.45, 7) is 2.06. The Labute approximate surface area is 104 Å². The molecule has 3 rings (SSSR count). The Morgan fingerprint density at radius 2 is 2.24 bits per heavy atom. The molecule has 1 aromatic carbocycles. The van der Waals surface area contributed by atoms with Gasteiger partial charge in [-0.3, -0.25) is 4.79 Å². The quantitative estimate of drug-likeness (QED) is 0.861. The van der Waals surface area contributed by atoms with Crippen LogP contribution in [0.2, 0.25) is 0 Å². The summed E-state index contributed by atoms with van der Waals surface area (Å²) < 4.78 is 0. The van der Waals surface area contributed by atoms with Crippen LogP contribution in [0.3, 0.4) is 0 Å². The molecule has 0 spiro atoms. The molecule has 2 heterocycles. The predicted octanol–water partition coefficient (Wildman–Crippen LogP) is 3.33. The summed E-state index contributed by atoms with van der Waals surface area (Å²) >= 11 is 1.71. The van der Waals surface area contributed by atoms with Crippen molar-refractivity contribution in [2.24, 2.45) is 0 Å². The van der Waals surface area contributed by atoms with E-state index in [-0.39, 0.29) is 11.8 Å². The molecule has 1 aliphatic rings. The highest BCUT2D eigenvalue weighted by Crippen LogP contribution is 2.35. The lowest BCUT2D eigenvalue weighted by Gasteiger charge is -2.07. The normalized spacial score (nSPS) is 17.9. The van der Waals surface area contributed by atoms with Crippen molar-refractivity contribution in [3.63, 3.8) is 0 Å². The molecule has 0 radical (unpaired) electrons. The molecule has 1 aliphatic heterocycles. The summed E-state index contributed by atoms with van der Waals surface area (Å²) in [5.41, 5.74) is 3.32. The van der Waals surface area contributed by atoms with Crippen molar-refractivity contribution in [3.8, 4) is 0 Å². The van der Waals surface area contributed by atoms with Gasteiger partial charge >= 0.3 is 0 Å². The van der Waals surface area contributed by atoms with Gasteiger partial charge in [-0.2, -0.15) is 0 Å². The van der Waals surface area contributed by atoms with Crippen molar-refractivity contribution in [1.82, 2.24) is 0 Å². The number of thiophene rings is 1. The van der Waals surface area contributed by atoms with E-state index >= 15 is 0 Å². The van der Waals surface area contributed by atoms with Gasteiger partial charge in [0.25, 0.3) is 0 Å². The molecular weight excluding hydrogens is 230 g/mol. The Kier molecular flexibility index (Phi) is 2.48. The van der Waals surface area contributed by atoms with Crippen LogP contribution in [0.25, 0.3) is 0 Å². The Morgan fingerprint density at radius 1 is 1.35 bits per heavy atom. The van der Waals surface area contributed by atoms with Gasteiger partial charge in [-0.15, -0.1) is 11.3 Å². The summed E-state index contributed by atoms with van der Waals surface area (Å²) in [6.07, 6.45) is 0.806. The van der Waals surface area contributed by atoms with Gasteiger partial charge in [0.1, 0.15) is 0 Å². The highest BCUT2D eigenvalue weighted by Gasteiger charge is 2.30. The first-order valence-corrected chi connectivity index (χ1v) is 6.56. The molecule has 1 aromatic heterocycles. The molecule has 86 valence electrons. The molecular formula is C14H13NOS. The van der Waals surface area contributed by atoms with Gasteiger partial charge in [0, 0.05) is 10.6 Å². The third-order valence-electron chi connectivity index (χ3n) is 3.14. The number of hydrogen-bond acceptors (Lipinski definition) is 2. The number of aryl methyl sites for hydroxylation is 1. The number of carbonyl (C=O) groups is 1. The molecule has 3 heteroatoms. The van der Waals surface area contributed by atoms with E-state index in [1.165, 1.54) is 10.4 Å². The highest BCUT2D eigenvalue weighted by molar-refractivity contribution is 7.09. The Bertz CT molecular complexity index is 560. The Morgan fingerprint density at radius 3 is 3.00 bits per heavy atom. The monoisotopic (exact) mass is 243 g/mol. The average molecular weight is 243 g/mol. The average Bonchev–Trinajstić information content (AvgIpc) is 2.90. The predicted molar refractivity (Wildman–Crippen MR) is 70.6 cm³/mol. The minimum atomic E-state index is -0.0245. The van der Waals surface area contributed by atoms with Crippen molar-refractivity contribution in [1.29, 1.82) is 0 Å². The molecule has 0 bridgehead atoms. The van der Waals surface area contributed by atoms with Crippen LogP contribution in [0.15, 0.2) is 35.7 Å². The summed E-state index contributed by atoms with van der Waals surface area (Å²) in [4.78, 5) is 13.2. The van der Waals surface area contributed by atoms with Crippen molar-refractivity contribution >= 4 is 22.9 Å². The standard InChI is InChI=1S/C14H13NOS/c1-9-4-5-13-11(7-9)12(14(16)15-13)8-10-3-2-6-17-10/h2-7,12H,8H2,1H3,(H,15,16). The maximum atomic E-state index is 12.0. The second kappa shape index (κ2) is 4.00. The number of hydrogen-bond donors (Lipinski definition) is 1. The van der Waals surface area contributed by atoms with Crippen LogP contribution < -0.4 is 5.32 Å². The van der Waals surface area contributed by atoms with Crippen LogP contribution in [-0.4, -0.2) is 5.91 Å². The highest BCUT2D eigenvalue weighted by atomic mass is 32.1. The van der Waals surface area contributed by atoms with Crippen LogP contribution in [-0.2, 0) is 11.2 Å². The molecule has 0 saturated heterocycles. The zero-order valence-corrected chi connectivity index (χ0v) is 10.4. The fourth-order valence-electron chi connectivity index (χ4n) is 2.28. The zero-order chi connectivity index (χ0) is 11.8. The molecule has 17 heavy (non-hydrogen) atoms. The summed E-state index contributed by atoms with van der Waals surface area (Å²) in [6, 6.07) is 10.3. The van der Waals surface area contributed by atoms with Crippen molar-refractivity contribution in [2.75, 3.05) is 5.32 Å². The molecule has 2 aromatic rings. The Hall–Kier alpha value is -1.61. The van der Waals surface area contributed by atoms with Gasteiger partial charge < -0.3 is 5.32 Å². The van der Waals surface area contributed by atoms with E-state index in [9.17, 15) is 4.79 Å². The molecule has 0 aliphatic carbocycles. The first kappa shape index (κ1) is 10.5. The van der Waals surface area contributed by atoms with Crippen molar-refractivity contribution in [2.45, 2.75) is 19.3 Å². The lowest BCUT2D eigenvalue weighted by atomic mass is 9.95. The maximum Gasteiger partial charge on any atom is 0.232 e. The lowest BCUT2D eigenvalue weighted by Crippen LogP contribution is -2.13. The van der Waals surface area contributed by atoms with E-state index in [4.69, 9.17) is 0 Å². The second-order valence-electron chi connectivity index (χ2n) is 4.42. The topological polar surface area (TPSA) is 29.1 Å². The fourth-order valence-corrected chi connectivity index (χ4v) is 3.03. The largest absolute Gasteiger partial charge is 0.325 e. The fraction of sp³-hybridized carbons (Fsp3) is 0.214. The zero-order valence-electron chi connectivity index (χ0n) is 9.57. The number of rotatable bonds is 2. The number of anilines is 1. The van der Waals surface area contributed by atoms with E-state index in [0.29, 0.717) is 0 Å². The minimum Gasteiger partial charge on any atom is -0.325 e. The third kappa shape index (κ3) is 1.87.